The molecule has 0 aromatic rings. The first-order chi connectivity index (χ1) is 24.8. The Morgan fingerprint density at radius 1 is 0.481 bits per heavy atom. The minimum Gasteiger partial charge on any atom is -0.455 e. The van der Waals surface area contributed by atoms with E-state index >= 15 is 0 Å². The molecule has 0 N–H and O–H groups in total. The van der Waals surface area contributed by atoms with Gasteiger partial charge < -0.3 is 33.2 Å². The molecule has 4 saturated carbocycles. The highest BCUT2D eigenvalue weighted by molar-refractivity contribution is 5.87. The molecule has 0 aromatic heterocycles. The van der Waals surface area contributed by atoms with Gasteiger partial charge in [0.1, 0.15) is 5.60 Å². The Morgan fingerprint density at radius 3 is 1.04 bits per heavy atom. The quantitative estimate of drug-likeness (QED) is 0.0495. The summed E-state index contributed by atoms with van der Waals surface area (Å²) < 4.78 is 44.0. The van der Waals surface area contributed by atoms with Gasteiger partial charge in [0.2, 0.25) is 0 Å². The highest BCUT2D eigenvalue weighted by atomic mass is 16.6. The van der Waals surface area contributed by atoms with Gasteiger partial charge in [-0.25, -0.2) is 4.79 Å². The van der Waals surface area contributed by atoms with E-state index in [1.54, 1.807) is 6.92 Å². The molecule has 7 fully saturated rings. The molecule has 52 heavy (non-hydrogen) atoms. The fraction of sp³-hybridized carbons (Fsp3) is 0.932. The van der Waals surface area contributed by atoms with Crippen LogP contribution in [0.15, 0.2) is 12.2 Å². The third-order valence-corrected chi connectivity index (χ3v) is 13.5. The molecule has 8 heteroatoms. The lowest BCUT2D eigenvalue weighted by molar-refractivity contribution is -0.327. The summed E-state index contributed by atoms with van der Waals surface area (Å²) in [5.41, 5.74) is -0.289. The van der Waals surface area contributed by atoms with E-state index in [0.29, 0.717) is 21.8 Å². The molecule has 298 valence electrons. The second kappa shape index (κ2) is 17.0. The maximum absolute atomic E-state index is 13.2. The van der Waals surface area contributed by atoms with Crippen molar-refractivity contribution in [3.63, 3.8) is 0 Å². The van der Waals surface area contributed by atoms with Crippen LogP contribution in [0.2, 0.25) is 0 Å². The molecule has 3 aliphatic heterocycles. The Kier molecular flexibility index (Phi) is 13.3. The molecule has 0 aromatic carbocycles. The van der Waals surface area contributed by atoms with Gasteiger partial charge in [-0.05, 0) is 45.4 Å². The summed E-state index contributed by atoms with van der Waals surface area (Å²) in [6, 6.07) is 0. The normalized spacial score (nSPS) is 33.2. The lowest BCUT2D eigenvalue weighted by atomic mass is 9.48. The summed E-state index contributed by atoms with van der Waals surface area (Å²) in [4.78, 5) is 13.2. The van der Waals surface area contributed by atoms with Crippen LogP contribution < -0.4 is 0 Å². The molecule has 4 bridgehead atoms. The molecule has 7 rings (SSSR count). The smallest absolute Gasteiger partial charge is 0.333 e. The molecular weight excluding hydrogens is 656 g/mol. The Bertz CT molecular complexity index is 1050. The Balaban J connectivity index is 1.07. The second-order valence-electron chi connectivity index (χ2n) is 19.9. The molecule has 7 aliphatic rings. The summed E-state index contributed by atoms with van der Waals surface area (Å²) >= 11 is 0. The van der Waals surface area contributed by atoms with Crippen molar-refractivity contribution in [2.45, 2.75) is 185 Å². The van der Waals surface area contributed by atoms with Crippen LogP contribution in [0.4, 0.5) is 0 Å². The van der Waals surface area contributed by atoms with Crippen molar-refractivity contribution in [3.8, 4) is 0 Å². The highest BCUT2D eigenvalue weighted by Crippen LogP contribution is 2.65. The summed E-state index contributed by atoms with van der Waals surface area (Å²) in [5, 5.41) is 0. The topological polar surface area (TPSA) is 81.7 Å². The van der Waals surface area contributed by atoms with E-state index < -0.39 is 22.4 Å². The van der Waals surface area contributed by atoms with Gasteiger partial charge in [0.05, 0.1) is 56.4 Å². The number of hydrogen-bond acceptors (Lipinski definition) is 8. The van der Waals surface area contributed by atoms with Gasteiger partial charge in [-0.1, -0.05) is 85.1 Å². The molecule has 0 unspecified atom stereocenters. The van der Waals surface area contributed by atoms with Crippen molar-refractivity contribution >= 4 is 5.97 Å². The van der Waals surface area contributed by atoms with Crippen molar-refractivity contribution in [1.82, 2.24) is 0 Å². The predicted molar refractivity (Wildman–Crippen MR) is 203 cm³/mol. The predicted octanol–water partition coefficient (Wildman–Crippen LogP) is 9.45. The van der Waals surface area contributed by atoms with E-state index in [1.807, 2.05) is 0 Å². The van der Waals surface area contributed by atoms with Gasteiger partial charge in [-0.3, -0.25) is 0 Å². The maximum atomic E-state index is 13.2. The fourth-order valence-electron chi connectivity index (χ4n) is 10.8. The third kappa shape index (κ3) is 10.4. The molecule has 0 radical (unpaired) electrons. The van der Waals surface area contributed by atoms with E-state index in [9.17, 15) is 4.79 Å². The molecule has 8 nitrogen and oxygen atoms in total. The van der Waals surface area contributed by atoms with E-state index in [0.717, 1.165) is 117 Å². The van der Waals surface area contributed by atoms with E-state index in [2.05, 4.69) is 27.4 Å². The Hall–Kier alpha value is -1.03. The van der Waals surface area contributed by atoms with Gasteiger partial charge in [0, 0.05) is 80.2 Å². The van der Waals surface area contributed by atoms with Gasteiger partial charge in [-0.15, -0.1) is 0 Å². The van der Waals surface area contributed by atoms with Crippen LogP contribution in [0.25, 0.3) is 0 Å². The number of carbonyl (C=O) groups is 1. The average molecular weight is 731 g/mol. The van der Waals surface area contributed by atoms with Gasteiger partial charge in [0.15, 0.2) is 0 Å². The zero-order chi connectivity index (χ0) is 36.8. The van der Waals surface area contributed by atoms with Crippen LogP contribution in [-0.2, 0) is 38.0 Å². The molecule has 0 amide bonds. The molecule has 3 heterocycles. The minimum absolute atomic E-state index is 0.302. The van der Waals surface area contributed by atoms with Crippen LogP contribution in [0.1, 0.15) is 163 Å². The van der Waals surface area contributed by atoms with Crippen molar-refractivity contribution in [3.05, 3.63) is 12.2 Å². The molecule has 3 saturated heterocycles. The summed E-state index contributed by atoms with van der Waals surface area (Å²) in [5.74, 6) is -0.302. The Morgan fingerprint density at radius 2 is 0.769 bits per heavy atom. The number of rotatable bonds is 26. The summed E-state index contributed by atoms with van der Waals surface area (Å²) in [6.45, 7) is 20.4. The fourth-order valence-corrected chi connectivity index (χ4v) is 10.8. The monoisotopic (exact) mass is 731 g/mol. The van der Waals surface area contributed by atoms with Crippen LogP contribution in [-0.4, -0.2) is 87.8 Å². The molecule has 0 atom stereocenters. The zero-order valence-electron chi connectivity index (χ0n) is 33.7. The number of carbonyl (C=O) groups excluding carboxylic acids is 1. The van der Waals surface area contributed by atoms with E-state index in [4.69, 9.17) is 33.2 Å². The lowest BCUT2D eigenvalue weighted by Crippen LogP contribution is -2.74. The molecule has 4 aliphatic carbocycles. The highest BCUT2D eigenvalue weighted by Gasteiger charge is 2.72. The van der Waals surface area contributed by atoms with Gasteiger partial charge in [-0.2, -0.15) is 0 Å². The number of unbranched alkanes of at least 4 members (excludes halogenated alkanes) is 9. The van der Waals surface area contributed by atoms with Crippen LogP contribution >= 0.6 is 0 Å². The van der Waals surface area contributed by atoms with Crippen molar-refractivity contribution in [2.75, 3.05) is 59.5 Å². The summed E-state index contributed by atoms with van der Waals surface area (Å²) in [7, 11) is 0. The SMILES string of the molecule is C=C(C)C(=O)OC12CC3(OCCCCCCC4(C)COC4)CC(OCCCCCCC4(C)COC4)(CC(OCCCCCCC4(C)COC4)(C3)C1)C2. The van der Waals surface area contributed by atoms with Crippen LogP contribution in [0.5, 0.6) is 0 Å². The van der Waals surface area contributed by atoms with Crippen molar-refractivity contribution < 1.29 is 38.0 Å². The standard InChI is InChI=1S/C44H74O8/c1-36(2)37(45)52-44-27-41(49-21-15-9-6-12-18-38(3)30-46-31-38)24-42(28-44,50-22-16-10-7-13-19-39(4)32-47-33-39)26-43(25-41,29-44)51-23-17-11-8-14-20-40(5)34-48-35-40/h1,6-35H2,2-5H3. The Labute approximate surface area is 316 Å². The second-order valence-corrected chi connectivity index (χ2v) is 19.9. The molecule has 0 spiro atoms. The minimum atomic E-state index is -0.661. The first-order valence-electron chi connectivity index (χ1n) is 21.4. The zero-order valence-corrected chi connectivity index (χ0v) is 33.7. The average Bonchev–Trinajstić information content (AvgIpc) is 3.03. The van der Waals surface area contributed by atoms with Crippen molar-refractivity contribution in [1.29, 1.82) is 0 Å². The van der Waals surface area contributed by atoms with Crippen molar-refractivity contribution in [2.24, 2.45) is 16.2 Å². The molecular formula is C44H74O8. The van der Waals surface area contributed by atoms with Crippen LogP contribution in [0.3, 0.4) is 0 Å². The van der Waals surface area contributed by atoms with Gasteiger partial charge in [0.25, 0.3) is 0 Å². The number of esters is 1. The van der Waals surface area contributed by atoms with Gasteiger partial charge >= 0.3 is 5.97 Å². The maximum Gasteiger partial charge on any atom is 0.333 e. The summed E-state index contributed by atoms with van der Waals surface area (Å²) in [6.07, 6.45) is 22.6. The number of hydrogen-bond donors (Lipinski definition) is 0. The largest absolute Gasteiger partial charge is 0.455 e. The first kappa shape index (κ1) is 40.6. The lowest BCUT2D eigenvalue weighted by Gasteiger charge is -2.68. The van der Waals surface area contributed by atoms with E-state index in [1.165, 1.54) is 77.0 Å². The van der Waals surface area contributed by atoms with E-state index in [-0.39, 0.29) is 5.97 Å². The van der Waals surface area contributed by atoms with Crippen LogP contribution in [0, 0.1) is 16.2 Å². The first-order valence-corrected chi connectivity index (χ1v) is 21.4. The third-order valence-electron chi connectivity index (χ3n) is 13.5. The number of ether oxygens (including phenoxy) is 7.